The third-order valence-electron chi connectivity index (χ3n) is 2.75. The molecule has 6 heteroatoms. The number of rotatable bonds is 12. The molecule has 0 saturated carbocycles. The molecule has 0 aromatic carbocycles. The van der Waals surface area contributed by atoms with Gasteiger partial charge in [-0.05, 0) is 6.42 Å². The fraction of sp³-hybridized carbons (Fsp3) is 1.00. The zero-order valence-corrected chi connectivity index (χ0v) is 13.0. The van der Waals surface area contributed by atoms with Gasteiger partial charge < -0.3 is 18.9 Å². The summed E-state index contributed by atoms with van der Waals surface area (Å²) in [6, 6.07) is 0. The molecule has 0 N–H and O–H groups in total. The minimum atomic E-state index is -4.74. The Morgan fingerprint density at radius 2 is 1.22 bits per heavy atom. The summed E-state index contributed by atoms with van der Waals surface area (Å²) in [7, 11) is -4.74. The van der Waals surface area contributed by atoms with Crippen LogP contribution in [0.5, 0.6) is 0 Å². The Balaban J connectivity index is 0. The first-order valence-electron chi connectivity index (χ1n) is 6.73. The number of hydrogen-bond donors (Lipinski definition) is 0. The summed E-state index contributed by atoms with van der Waals surface area (Å²) >= 11 is 0. The Morgan fingerprint density at radius 3 is 1.61 bits per heavy atom. The zero-order chi connectivity index (χ0) is 13.0. The van der Waals surface area contributed by atoms with E-state index in [-0.39, 0.29) is 23.7 Å². The molecule has 1 radical (unpaired) electrons. The summed E-state index contributed by atoms with van der Waals surface area (Å²) in [6.45, 7) is 2.26. The Kier molecular flexibility index (Phi) is 16.3. The summed E-state index contributed by atoms with van der Waals surface area (Å²) in [5.41, 5.74) is 0. The molecule has 0 bridgehead atoms. The summed E-state index contributed by atoms with van der Waals surface area (Å²) < 4.78 is 14.3. The molecule has 4 nitrogen and oxygen atoms in total. The van der Waals surface area contributed by atoms with Crippen LogP contribution in [0.3, 0.4) is 0 Å². The molecule has 0 aromatic heterocycles. The Labute approximate surface area is 122 Å². The molecule has 0 amide bonds. The van der Waals surface area contributed by atoms with Gasteiger partial charge in [-0.1, -0.05) is 64.7 Å². The maximum absolute atomic E-state index is 10.1. The summed E-state index contributed by atoms with van der Waals surface area (Å²) in [5, 5.41) is 0. The van der Waals surface area contributed by atoms with Crippen molar-refractivity contribution in [3.05, 3.63) is 0 Å². The van der Waals surface area contributed by atoms with Gasteiger partial charge in [-0.15, -0.1) is 0 Å². The van der Waals surface area contributed by atoms with Gasteiger partial charge in [-0.3, -0.25) is 0 Å². The van der Waals surface area contributed by atoms with Gasteiger partial charge in [0.2, 0.25) is 0 Å². The fourth-order valence-corrected chi connectivity index (χ4v) is 2.12. The normalized spacial score (nSPS) is 11.3. The van der Waals surface area contributed by atoms with Crippen LogP contribution < -0.4 is 9.79 Å². The van der Waals surface area contributed by atoms with E-state index in [9.17, 15) is 14.4 Å². The third-order valence-corrected chi connectivity index (χ3v) is 3.25. The van der Waals surface area contributed by atoms with Crippen LogP contribution in [0, 0.1) is 0 Å². The van der Waals surface area contributed by atoms with Gasteiger partial charge in [-0.2, -0.15) is 0 Å². The topological polar surface area (TPSA) is 72.4 Å². The van der Waals surface area contributed by atoms with Crippen molar-refractivity contribution in [1.82, 2.24) is 0 Å². The van der Waals surface area contributed by atoms with Crippen molar-refractivity contribution in [2.24, 2.45) is 0 Å². The van der Waals surface area contributed by atoms with Gasteiger partial charge in [-0.25, -0.2) is 0 Å². The molecule has 113 valence electrons. The van der Waals surface area contributed by atoms with Crippen molar-refractivity contribution in [3.63, 3.8) is 0 Å². The molecule has 0 heterocycles. The van der Waals surface area contributed by atoms with E-state index in [1.54, 1.807) is 0 Å². The van der Waals surface area contributed by atoms with E-state index < -0.39 is 7.82 Å². The molecule has 0 unspecified atom stereocenters. The molecule has 0 spiro atoms. The van der Waals surface area contributed by atoms with Crippen molar-refractivity contribution in [1.29, 1.82) is 0 Å². The predicted molar refractivity (Wildman–Crippen MR) is 65.4 cm³/mol. The SMILES string of the molecule is CCCCCCCCCCCCOP(=O)([O-])[O-].[Cu+2]. The van der Waals surface area contributed by atoms with E-state index in [0.717, 1.165) is 12.8 Å². The van der Waals surface area contributed by atoms with E-state index in [4.69, 9.17) is 0 Å². The van der Waals surface area contributed by atoms with Crippen molar-refractivity contribution >= 4 is 7.82 Å². The van der Waals surface area contributed by atoms with Crippen LogP contribution in [-0.4, -0.2) is 6.61 Å². The second kappa shape index (κ2) is 14.0. The van der Waals surface area contributed by atoms with Crippen LogP contribution in [0.1, 0.15) is 71.1 Å². The average molecular weight is 328 g/mol. The van der Waals surface area contributed by atoms with Crippen molar-refractivity contribution in [2.75, 3.05) is 6.61 Å². The number of hydrogen-bond acceptors (Lipinski definition) is 4. The third kappa shape index (κ3) is 19.0. The smallest absolute Gasteiger partial charge is 0.790 e. The standard InChI is InChI=1S/C12H27O4P.Cu/c1-2-3-4-5-6-7-8-9-10-11-12-16-17(13,14)15;/h2-12H2,1H3,(H2,13,14,15);/q;+2/p-2. The maximum atomic E-state index is 10.1. The minimum Gasteiger partial charge on any atom is -0.790 e. The predicted octanol–water partition coefficient (Wildman–Crippen LogP) is 2.75. The number of phosphoric acid groups is 1. The Morgan fingerprint density at radius 1 is 0.833 bits per heavy atom. The zero-order valence-electron chi connectivity index (χ0n) is 11.2. The van der Waals surface area contributed by atoms with E-state index >= 15 is 0 Å². The Hall–Kier alpha value is 0.629. The molecule has 0 atom stereocenters. The molecule has 0 rings (SSSR count). The van der Waals surface area contributed by atoms with Gasteiger partial charge in [0.25, 0.3) is 0 Å². The van der Waals surface area contributed by atoms with Gasteiger partial charge in [0.1, 0.15) is 0 Å². The average Bonchev–Trinajstić information content (AvgIpc) is 2.24. The fourth-order valence-electron chi connectivity index (χ4n) is 1.77. The molecule has 0 fully saturated rings. The maximum Gasteiger partial charge on any atom is 2.00 e. The second-order valence-electron chi connectivity index (χ2n) is 4.46. The molecule has 18 heavy (non-hydrogen) atoms. The molecular weight excluding hydrogens is 303 g/mol. The molecule has 0 saturated heterocycles. The summed E-state index contributed by atoms with van der Waals surface area (Å²) in [4.78, 5) is 20.3. The summed E-state index contributed by atoms with van der Waals surface area (Å²) in [6.07, 6.45) is 11.7. The van der Waals surface area contributed by atoms with E-state index in [1.165, 1.54) is 44.9 Å². The monoisotopic (exact) mass is 327 g/mol. The summed E-state index contributed by atoms with van der Waals surface area (Å²) in [5.74, 6) is 0. The Bertz CT molecular complexity index is 208. The first kappa shape index (κ1) is 20.9. The molecular formula is C12H25CuO4P. The number of phosphoric ester groups is 1. The molecule has 0 aliphatic carbocycles. The van der Waals surface area contributed by atoms with Gasteiger partial charge in [0.15, 0.2) is 0 Å². The second-order valence-corrected chi connectivity index (χ2v) is 5.62. The first-order valence-corrected chi connectivity index (χ1v) is 8.19. The van der Waals surface area contributed by atoms with E-state index in [2.05, 4.69) is 11.4 Å². The van der Waals surface area contributed by atoms with Gasteiger partial charge >= 0.3 is 17.1 Å². The van der Waals surface area contributed by atoms with Crippen LogP contribution in [0.25, 0.3) is 0 Å². The van der Waals surface area contributed by atoms with Crippen LogP contribution in [0.4, 0.5) is 0 Å². The van der Waals surface area contributed by atoms with E-state index in [1.807, 2.05) is 0 Å². The van der Waals surface area contributed by atoms with Crippen LogP contribution >= 0.6 is 7.82 Å². The molecule has 0 aromatic rings. The van der Waals surface area contributed by atoms with Crippen LogP contribution in [-0.2, 0) is 26.2 Å². The largest absolute Gasteiger partial charge is 2.00 e. The minimum absolute atomic E-state index is 0. The van der Waals surface area contributed by atoms with Crippen molar-refractivity contribution in [3.8, 4) is 0 Å². The number of unbranched alkanes of at least 4 members (excludes halogenated alkanes) is 9. The van der Waals surface area contributed by atoms with Crippen molar-refractivity contribution < 1.29 is 35.9 Å². The molecule has 0 aliphatic rings. The quantitative estimate of drug-likeness (QED) is 0.314. The van der Waals surface area contributed by atoms with E-state index in [0.29, 0.717) is 6.42 Å². The molecule has 0 aliphatic heterocycles. The van der Waals surface area contributed by atoms with Crippen molar-refractivity contribution in [2.45, 2.75) is 71.1 Å². The van der Waals surface area contributed by atoms with Crippen LogP contribution in [0.2, 0.25) is 0 Å². The van der Waals surface area contributed by atoms with Crippen LogP contribution in [0.15, 0.2) is 0 Å². The van der Waals surface area contributed by atoms with Gasteiger partial charge in [0.05, 0.1) is 14.4 Å². The van der Waals surface area contributed by atoms with Gasteiger partial charge in [0, 0.05) is 0 Å². The first-order chi connectivity index (χ1) is 8.06.